The number of nitrogens with one attached hydrogen (secondary N) is 1. The summed E-state index contributed by atoms with van der Waals surface area (Å²) in [5.74, 6) is 0.308. The number of nitro groups is 1. The van der Waals surface area contributed by atoms with E-state index in [1.165, 1.54) is 6.07 Å². The lowest BCUT2D eigenvalue weighted by Crippen LogP contribution is -2.30. The average molecular weight is 280 g/mol. The van der Waals surface area contributed by atoms with E-state index in [4.69, 9.17) is 4.74 Å². The molecule has 20 heavy (non-hydrogen) atoms. The number of benzene rings is 1. The largest absolute Gasteiger partial charge is 0.484 e. The predicted molar refractivity (Wildman–Crippen MR) is 81.5 cm³/mol. The molecule has 0 saturated carbocycles. The van der Waals surface area contributed by atoms with Gasteiger partial charge in [-0.3, -0.25) is 10.1 Å². The predicted octanol–water partition coefficient (Wildman–Crippen LogP) is 4.37. The molecule has 0 unspecified atom stereocenters. The average Bonchev–Trinajstić information content (AvgIpc) is 2.26. The SMILES string of the molecule is CCCC(C)(C)Nc1ccc([N+](=O)[O-])c(OC(C)C)c1. The molecule has 0 aliphatic carbocycles. The van der Waals surface area contributed by atoms with Crippen LogP contribution in [-0.2, 0) is 0 Å². The molecule has 0 saturated heterocycles. The molecule has 5 nitrogen and oxygen atoms in total. The Bertz CT molecular complexity index is 470. The maximum absolute atomic E-state index is 11.0. The molecule has 1 N–H and O–H groups in total. The molecule has 0 spiro atoms. The van der Waals surface area contributed by atoms with Crippen molar-refractivity contribution >= 4 is 11.4 Å². The summed E-state index contributed by atoms with van der Waals surface area (Å²) in [5, 5.41) is 14.4. The summed E-state index contributed by atoms with van der Waals surface area (Å²) in [6.45, 7) is 10.1. The highest BCUT2D eigenvalue weighted by Gasteiger charge is 2.20. The van der Waals surface area contributed by atoms with Gasteiger partial charge in [0.25, 0.3) is 0 Å². The molecule has 0 amide bonds. The number of rotatable bonds is 7. The van der Waals surface area contributed by atoms with Gasteiger partial charge in [-0.05, 0) is 40.2 Å². The van der Waals surface area contributed by atoms with Crippen molar-refractivity contribution in [2.24, 2.45) is 0 Å². The zero-order valence-corrected chi connectivity index (χ0v) is 12.9. The van der Waals surface area contributed by atoms with Crippen LogP contribution in [0.2, 0.25) is 0 Å². The summed E-state index contributed by atoms with van der Waals surface area (Å²) < 4.78 is 5.54. The van der Waals surface area contributed by atoms with E-state index in [0.717, 1.165) is 18.5 Å². The van der Waals surface area contributed by atoms with Crippen LogP contribution in [-0.4, -0.2) is 16.6 Å². The summed E-state index contributed by atoms with van der Waals surface area (Å²) in [4.78, 5) is 10.6. The summed E-state index contributed by atoms with van der Waals surface area (Å²) in [6, 6.07) is 4.92. The van der Waals surface area contributed by atoms with Crippen molar-refractivity contribution in [2.45, 2.75) is 59.1 Å². The van der Waals surface area contributed by atoms with Crippen LogP contribution in [0.15, 0.2) is 18.2 Å². The van der Waals surface area contributed by atoms with Crippen molar-refractivity contribution in [1.82, 2.24) is 0 Å². The fourth-order valence-electron chi connectivity index (χ4n) is 2.17. The second-order valence-electron chi connectivity index (χ2n) is 5.87. The van der Waals surface area contributed by atoms with Crippen molar-refractivity contribution in [3.05, 3.63) is 28.3 Å². The Morgan fingerprint density at radius 1 is 1.40 bits per heavy atom. The van der Waals surface area contributed by atoms with E-state index < -0.39 is 4.92 Å². The van der Waals surface area contributed by atoms with Crippen molar-refractivity contribution in [3.8, 4) is 5.75 Å². The summed E-state index contributed by atoms with van der Waals surface area (Å²) in [5.41, 5.74) is 0.780. The highest BCUT2D eigenvalue weighted by molar-refractivity contribution is 5.58. The third-order valence-corrected chi connectivity index (χ3v) is 2.88. The van der Waals surface area contributed by atoms with Crippen LogP contribution in [0.4, 0.5) is 11.4 Å². The molecule has 112 valence electrons. The van der Waals surface area contributed by atoms with Crippen LogP contribution < -0.4 is 10.1 Å². The lowest BCUT2D eigenvalue weighted by molar-refractivity contribution is -0.386. The van der Waals surface area contributed by atoms with E-state index in [9.17, 15) is 10.1 Å². The molecule has 0 atom stereocenters. The molecule has 0 bridgehead atoms. The highest BCUT2D eigenvalue weighted by Crippen LogP contribution is 2.32. The number of hydrogen-bond donors (Lipinski definition) is 1. The van der Waals surface area contributed by atoms with Crippen LogP contribution in [0, 0.1) is 10.1 Å². The first-order valence-electron chi connectivity index (χ1n) is 6.98. The topological polar surface area (TPSA) is 64.4 Å². The van der Waals surface area contributed by atoms with Gasteiger partial charge in [0.05, 0.1) is 11.0 Å². The van der Waals surface area contributed by atoms with Gasteiger partial charge in [0.15, 0.2) is 5.75 Å². The zero-order chi connectivity index (χ0) is 15.3. The van der Waals surface area contributed by atoms with Gasteiger partial charge >= 0.3 is 5.69 Å². The maximum Gasteiger partial charge on any atom is 0.311 e. The molecular weight excluding hydrogens is 256 g/mol. The van der Waals surface area contributed by atoms with Crippen molar-refractivity contribution in [3.63, 3.8) is 0 Å². The standard InChI is InChI=1S/C15H24N2O3/c1-6-9-15(4,5)16-12-7-8-13(17(18)19)14(10-12)20-11(2)3/h7-8,10-11,16H,6,9H2,1-5H3. The van der Waals surface area contributed by atoms with Crippen LogP contribution in [0.5, 0.6) is 5.75 Å². The number of anilines is 1. The minimum Gasteiger partial charge on any atom is -0.484 e. The van der Waals surface area contributed by atoms with Gasteiger partial charge in [-0.2, -0.15) is 0 Å². The van der Waals surface area contributed by atoms with E-state index in [1.54, 1.807) is 12.1 Å². The Labute approximate surface area is 120 Å². The van der Waals surface area contributed by atoms with Gasteiger partial charge in [-0.25, -0.2) is 0 Å². The van der Waals surface area contributed by atoms with E-state index in [2.05, 4.69) is 26.1 Å². The van der Waals surface area contributed by atoms with Crippen LogP contribution >= 0.6 is 0 Å². The van der Waals surface area contributed by atoms with Crippen LogP contribution in [0.1, 0.15) is 47.5 Å². The lowest BCUT2D eigenvalue weighted by atomic mass is 9.98. The molecule has 0 heterocycles. The summed E-state index contributed by atoms with van der Waals surface area (Å²) in [6.07, 6.45) is 1.99. The molecule has 0 aromatic heterocycles. The molecule has 0 radical (unpaired) electrons. The fraction of sp³-hybridized carbons (Fsp3) is 0.600. The molecular formula is C15H24N2O3. The highest BCUT2D eigenvalue weighted by atomic mass is 16.6. The van der Waals surface area contributed by atoms with E-state index in [-0.39, 0.29) is 17.3 Å². The maximum atomic E-state index is 11.0. The molecule has 0 aliphatic rings. The fourth-order valence-corrected chi connectivity index (χ4v) is 2.17. The quantitative estimate of drug-likeness (QED) is 0.595. The molecule has 0 aliphatic heterocycles. The molecule has 1 aromatic carbocycles. The van der Waals surface area contributed by atoms with E-state index >= 15 is 0 Å². The Hall–Kier alpha value is -1.78. The number of nitro benzene ring substituents is 1. The summed E-state index contributed by atoms with van der Waals surface area (Å²) in [7, 11) is 0. The smallest absolute Gasteiger partial charge is 0.311 e. The van der Waals surface area contributed by atoms with Gasteiger partial charge in [-0.1, -0.05) is 13.3 Å². The third-order valence-electron chi connectivity index (χ3n) is 2.88. The molecule has 1 aromatic rings. The monoisotopic (exact) mass is 280 g/mol. The number of nitrogens with zero attached hydrogens (tertiary/aromatic N) is 1. The molecule has 0 fully saturated rings. The first kappa shape index (κ1) is 16.3. The Morgan fingerprint density at radius 2 is 2.05 bits per heavy atom. The van der Waals surface area contributed by atoms with Gasteiger partial charge in [-0.15, -0.1) is 0 Å². The second kappa shape index (κ2) is 6.59. The van der Waals surface area contributed by atoms with E-state index in [0.29, 0.717) is 5.75 Å². The molecule has 1 rings (SSSR count). The molecule has 5 heteroatoms. The van der Waals surface area contributed by atoms with Crippen molar-refractivity contribution in [2.75, 3.05) is 5.32 Å². The Balaban J connectivity index is 3.03. The normalized spacial score (nSPS) is 11.5. The minimum atomic E-state index is -0.418. The second-order valence-corrected chi connectivity index (χ2v) is 5.87. The van der Waals surface area contributed by atoms with Crippen LogP contribution in [0.3, 0.4) is 0 Å². The zero-order valence-electron chi connectivity index (χ0n) is 12.9. The Kier molecular flexibility index (Phi) is 5.36. The minimum absolute atomic E-state index is 0.00227. The van der Waals surface area contributed by atoms with E-state index in [1.807, 2.05) is 13.8 Å². The number of ether oxygens (including phenoxy) is 1. The van der Waals surface area contributed by atoms with Gasteiger partial charge < -0.3 is 10.1 Å². The third kappa shape index (κ3) is 4.72. The van der Waals surface area contributed by atoms with Crippen LogP contribution in [0.25, 0.3) is 0 Å². The summed E-state index contributed by atoms with van der Waals surface area (Å²) >= 11 is 0. The Morgan fingerprint density at radius 3 is 2.55 bits per heavy atom. The first-order valence-corrected chi connectivity index (χ1v) is 6.98. The first-order chi connectivity index (χ1) is 9.25. The number of hydrogen-bond acceptors (Lipinski definition) is 4. The van der Waals surface area contributed by atoms with Gasteiger partial charge in [0.1, 0.15) is 0 Å². The van der Waals surface area contributed by atoms with Crippen molar-refractivity contribution < 1.29 is 9.66 Å². The van der Waals surface area contributed by atoms with Gasteiger partial charge in [0, 0.05) is 23.4 Å². The van der Waals surface area contributed by atoms with Crippen molar-refractivity contribution in [1.29, 1.82) is 0 Å². The van der Waals surface area contributed by atoms with Gasteiger partial charge in [0.2, 0.25) is 0 Å². The lowest BCUT2D eigenvalue weighted by Gasteiger charge is -2.27.